The summed E-state index contributed by atoms with van der Waals surface area (Å²) < 4.78 is 6.63. The van der Waals surface area contributed by atoms with Crippen LogP contribution in [0.1, 0.15) is 23.7 Å². The Kier molecular flexibility index (Phi) is 4.72. The molecule has 4 rings (SSSR count). The maximum atomic E-state index is 12.6. The van der Waals surface area contributed by atoms with Crippen LogP contribution in [-0.2, 0) is 4.74 Å². The van der Waals surface area contributed by atoms with Crippen LogP contribution in [0, 0.1) is 0 Å². The van der Waals surface area contributed by atoms with Gasteiger partial charge in [-0.1, -0.05) is 31.2 Å². The molecule has 0 spiro atoms. The number of anilines is 2. The second-order valence-electron chi connectivity index (χ2n) is 6.22. The van der Waals surface area contributed by atoms with E-state index >= 15 is 0 Å². The maximum Gasteiger partial charge on any atom is 0.340 e. The van der Waals surface area contributed by atoms with Crippen molar-refractivity contribution in [3.63, 3.8) is 0 Å². The third-order valence-corrected chi connectivity index (χ3v) is 4.24. The molecule has 0 radical (unpaired) electrons. The van der Waals surface area contributed by atoms with Crippen molar-refractivity contribution < 1.29 is 9.53 Å². The SMILES string of the molecule is CCCOC(=O)c1ccccc1Nc1ccn2c(=O)c3ccccc3nc2n1. The summed E-state index contributed by atoms with van der Waals surface area (Å²) in [5.74, 6) is 0.351. The summed E-state index contributed by atoms with van der Waals surface area (Å²) in [4.78, 5) is 33.8. The second-order valence-corrected chi connectivity index (χ2v) is 6.22. The molecule has 140 valence electrons. The zero-order valence-electron chi connectivity index (χ0n) is 15.3. The molecular formula is C21H18N4O3. The number of nitrogens with zero attached hydrogens (tertiary/aromatic N) is 3. The molecule has 0 atom stereocenters. The largest absolute Gasteiger partial charge is 0.462 e. The van der Waals surface area contributed by atoms with Crippen molar-refractivity contribution in [1.29, 1.82) is 0 Å². The summed E-state index contributed by atoms with van der Waals surface area (Å²) in [6, 6.07) is 15.9. The number of carbonyl (C=O) groups excluding carboxylic acids is 1. The van der Waals surface area contributed by atoms with Crippen molar-refractivity contribution in [3.8, 4) is 0 Å². The molecule has 28 heavy (non-hydrogen) atoms. The molecule has 0 saturated heterocycles. The molecule has 0 fully saturated rings. The number of carbonyl (C=O) groups is 1. The lowest BCUT2D eigenvalue weighted by Gasteiger charge is -2.11. The van der Waals surface area contributed by atoms with Gasteiger partial charge in [-0.05, 0) is 36.8 Å². The third kappa shape index (κ3) is 3.29. The predicted molar refractivity (Wildman–Crippen MR) is 107 cm³/mol. The van der Waals surface area contributed by atoms with E-state index in [1.54, 1.807) is 48.7 Å². The first kappa shape index (κ1) is 17.7. The number of nitrogens with one attached hydrogen (secondary N) is 1. The van der Waals surface area contributed by atoms with E-state index in [9.17, 15) is 9.59 Å². The molecular weight excluding hydrogens is 356 g/mol. The zero-order chi connectivity index (χ0) is 19.5. The van der Waals surface area contributed by atoms with E-state index in [0.717, 1.165) is 6.42 Å². The van der Waals surface area contributed by atoms with Crippen molar-refractivity contribution in [2.45, 2.75) is 13.3 Å². The summed E-state index contributed by atoms with van der Waals surface area (Å²) in [5, 5.41) is 3.66. The highest BCUT2D eigenvalue weighted by molar-refractivity contribution is 5.96. The molecule has 0 bridgehead atoms. The first-order valence-electron chi connectivity index (χ1n) is 8.98. The first-order chi connectivity index (χ1) is 13.7. The normalized spacial score (nSPS) is 10.9. The molecule has 2 aromatic heterocycles. The van der Waals surface area contributed by atoms with Gasteiger partial charge in [0.2, 0.25) is 5.78 Å². The number of aromatic nitrogens is 3. The van der Waals surface area contributed by atoms with E-state index < -0.39 is 5.97 Å². The number of hydrogen-bond donors (Lipinski definition) is 1. The Labute approximate surface area is 160 Å². The second kappa shape index (κ2) is 7.48. The summed E-state index contributed by atoms with van der Waals surface area (Å²) in [6.07, 6.45) is 2.37. The van der Waals surface area contributed by atoms with Crippen molar-refractivity contribution in [3.05, 3.63) is 76.7 Å². The number of benzene rings is 2. The summed E-state index contributed by atoms with van der Waals surface area (Å²) >= 11 is 0. The predicted octanol–water partition coefficient (Wildman–Crippen LogP) is 3.55. The maximum absolute atomic E-state index is 12.6. The van der Waals surface area contributed by atoms with E-state index in [-0.39, 0.29) is 11.3 Å². The van der Waals surface area contributed by atoms with Crippen molar-refractivity contribution in [1.82, 2.24) is 14.4 Å². The lowest BCUT2D eigenvalue weighted by molar-refractivity contribution is 0.0506. The molecule has 7 heteroatoms. The van der Waals surface area contributed by atoms with Crippen LogP contribution in [0.25, 0.3) is 16.7 Å². The van der Waals surface area contributed by atoms with Gasteiger partial charge in [0.15, 0.2) is 0 Å². The average molecular weight is 374 g/mol. The Hall–Kier alpha value is -3.74. The zero-order valence-corrected chi connectivity index (χ0v) is 15.3. The highest BCUT2D eigenvalue weighted by Gasteiger charge is 2.13. The third-order valence-electron chi connectivity index (χ3n) is 4.24. The summed E-state index contributed by atoms with van der Waals surface area (Å²) in [7, 11) is 0. The topological polar surface area (TPSA) is 85.6 Å². The van der Waals surface area contributed by atoms with Gasteiger partial charge >= 0.3 is 5.97 Å². The number of hydrogen-bond acceptors (Lipinski definition) is 6. The van der Waals surface area contributed by atoms with Crippen molar-refractivity contribution in [2.75, 3.05) is 11.9 Å². The Morgan fingerprint density at radius 3 is 2.71 bits per heavy atom. The lowest BCUT2D eigenvalue weighted by Crippen LogP contribution is -2.16. The van der Waals surface area contributed by atoms with E-state index in [1.165, 1.54) is 4.40 Å². The molecule has 0 aliphatic heterocycles. The highest BCUT2D eigenvalue weighted by atomic mass is 16.5. The van der Waals surface area contributed by atoms with Crippen LogP contribution < -0.4 is 10.9 Å². The van der Waals surface area contributed by atoms with Crippen LogP contribution in [0.4, 0.5) is 11.5 Å². The van der Waals surface area contributed by atoms with Crippen LogP contribution in [-0.4, -0.2) is 26.9 Å². The molecule has 1 N–H and O–H groups in total. The highest BCUT2D eigenvalue weighted by Crippen LogP contribution is 2.21. The van der Waals surface area contributed by atoms with Gasteiger partial charge in [-0.15, -0.1) is 0 Å². The van der Waals surface area contributed by atoms with Gasteiger partial charge in [0.25, 0.3) is 5.56 Å². The van der Waals surface area contributed by atoms with Crippen LogP contribution in [0.3, 0.4) is 0 Å². The fourth-order valence-electron chi connectivity index (χ4n) is 2.89. The van der Waals surface area contributed by atoms with Crippen molar-refractivity contribution in [2.24, 2.45) is 0 Å². The molecule has 4 aromatic rings. The number of para-hydroxylation sites is 2. The molecule has 2 heterocycles. The fourth-order valence-corrected chi connectivity index (χ4v) is 2.89. The summed E-state index contributed by atoms with van der Waals surface area (Å²) in [5.41, 5.74) is 1.40. The van der Waals surface area contributed by atoms with Gasteiger partial charge in [0.1, 0.15) is 5.82 Å². The van der Waals surface area contributed by atoms with Crippen LogP contribution in [0.2, 0.25) is 0 Å². The van der Waals surface area contributed by atoms with Gasteiger partial charge in [0, 0.05) is 6.20 Å². The standard InChI is InChI=1S/C21H18N4O3/c1-2-13-28-20(27)15-8-4-6-10-17(15)22-18-11-12-25-19(26)14-7-3-5-9-16(14)23-21(25)24-18/h3-12H,2,13H2,1H3,(H,22,23,24). The van der Waals surface area contributed by atoms with Gasteiger partial charge in [-0.25, -0.2) is 9.78 Å². The van der Waals surface area contributed by atoms with E-state index in [4.69, 9.17) is 4.74 Å². The van der Waals surface area contributed by atoms with Crippen LogP contribution in [0.5, 0.6) is 0 Å². The number of fused-ring (bicyclic) bond motifs is 2. The Balaban J connectivity index is 1.72. The molecule has 0 amide bonds. The smallest absolute Gasteiger partial charge is 0.340 e. The van der Waals surface area contributed by atoms with E-state index in [0.29, 0.717) is 34.6 Å². The Bertz CT molecular complexity index is 1230. The van der Waals surface area contributed by atoms with Gasteiger partial charge in [-0.3, -0.25) is 9.20 Å². The van der Waals surface area contributed by atoms with Gasteiger partial charge in [0.05, 0.1) is 28.8 Å². The lowest BCUT2D eigenvalue weighted by atomic mass is 10.2. The molecule has 0 aliphatic rings. The van der Waals surface area contributed by atoms with Gasteiger partial charge < -0.3 is 10.1 Å². The molecule has 2 aromatic carbocycles. The molecule has 0 saturated carbocycles. The first-order valence-corrected chi connectivity index (χ1v) is 8.98. The van der Waals surface area contributed by atoms with Gasteiger partial charge in [-0.2, -0.15) is 4.98 Å². The molecule has 0 aliphatic carbocycles. The fraction of sp³-hybridized carbons (Fsp3) is 0.143. The minimum atomic E-state index is -0.397. The summed E-state index contributed by atoms with van der Waals surface area (Å²) in [6.45, 7) is 2.30. The number of esters is 1. The minimum absolute atomic E-state index is 0.178. The van der Waals surface area contributed by atoms with Crippen LogP contribution in [0.15, 0.2) is 65.6 Å². The average Bonchev–Trinajstić information content (AvgIpc) is 2.72. The number of rotatable bonds is 5. The van der Waals surface area contributed by atoms with E-state index in [2.05, 4.69) is 15.3 Å². The quantitative estimate of drug-likeness (QED) is 0.425. The Morgan fingerprint density at radius 2 is 1.86 bits per heavy atom. The number of ether oxygens (including phenoxy) is 1. The molecule has 7 nitrogen and oxygen atoms in total. The Morgan fingerprint density at radius 1 is 1.07 bits per heavy atom. The van der Waals surface area contributed by atoms with Crippen molar-refractivity contribution >= 4 is 34.2 Å². The van der Waals surface area contributed by atoms with E-state index in [1.807, 2.05) is 19.1 Å². The minimum Gasteiger partial charge on any atom is -0.462 e. The monoisotopic (exact) mass is 374 g/mol. The molecule has 0 unspecified atom stereocenters. The van der Waals surface area contributed by atoms with Crippen LogP contribution >= 0.6 is 0 Å².